The molecule has 122 valence electrons. The van der Waals surface area contributed by atoms with Gasteiger partial charge in [-0.15, -0.1) is 5.10 Å². The summed E-state index contributed by atoms with van der Waals surface area (Å²) in [5, 5.41) is 23.3. The number of amides is 1. The number of hydrogen-bond acceptors (Lipinski definition) is 5. The van der Waals surface area contributed by atoms with Gasteiger partial charge >= 0.3 is 0 Å². The summed E-state index contributed by atoms with van der Waals surface area (Å²) in [6, 6.07) is 7.79. The molecule has 0 radical (unpaired) electrons. The molecule has 0 saturated carbocycles. The molecule has 7 nitrogen and oxygen atoms in total. The summed E-state index contributed by atoms with van der Waals surface area (Å²) in [5.41, 5.74) is 2.10. The molecule has 2 aromatic rings. The van der Waals surface area contributed by atoms with E-state index in [2.05, 4.69) is 20.9 Å². The third kappa shape index (κ3) is 3.94. The molecule has 3 N–H and O–H groups in total. The summed E-state index contributed by atoms with van der Waals surface area (Å²) in [6.07, 6.45) is 3.71. The Morgan fingerprint density at radius 3 is 2.91 bits per heavy atom. The van der Waals surface area contributed by atoms with Crippen LogP contribution in [0.2, 0.25) is 0 Å². The van der Waals surface area contributed by atoms with Gasteiger partial charge in [-0.2, -0.15) is 0 Å². The number of carbonyl (C=O) groups excluding carboxylic acids is 1. The van der Waals surface area contributed by atoms with Gasteiger partial charge in [0.05, 0.1) is 18.8 Å². The van der Waals surface area contributed by atoms with Crippen molar-refractivity contribution in [2.45, 2.75) is 32.0 Å². The van der Waals surface area contributed by atoms with Crippen molar-refractivity contribution < 1.29 is 9.90 Å². The quantitative estimate of drug-likeness (QED) is 0.752. The minimum absolute atomic E-state index is 0.00758. The molecule has 0 atom stereocenters. The van der Waals surface area contributed by atoms with Crippen molar-refractivity contribution in [3.05, 3.63) is 47.3 Å². The van der Waals surface area contributed by atoms with E-state index >= 15 is 0 Å². The van der Waals surface area contributed by atoms with Crippen molar-refractivity contribution in [2.24, 2.45) is 0 Å². The van der Waals surface area contributed by atoms with Gasteiger partial charge in [-0.25, -0.2) is 4.68 Å². The summed E-state index contributed by atoms with van der Waals surface area (Å²) in [4.78, 5) is 12.2. The number of rotatable bonds is 5. The fraction of sp³-hybridized carbons (Fsp3) is 0.438. The van der Waals surface area contributed by atoms with Gasteiger partial charge in [0.2, 0.25) is 0 Å². The third-order valence-electron chi connectivity index (χ3n) is 4.05. The Morgan fingerprint density at radius 2 is 2.13 bits per heavy atom. The first-order valence-corrected chi connectivity index (χ1v) is 7.85. The number of aliphatic hydroxyl groups is 1. The molecule has 1 amide bonds. The van der Waals surface area contributed by atoms with Crippen LogP contribution < -0.4 is 10.6 Å². The van der Waals surface area contributed by atoms with Gasteiger partial charge in [-0.1, -0.05) is 29.5 Å². The smallest absolute Gasteiger partial charge is 0.273 e. The number of piperidine rings is 1. The molecule has 1 aromatic carbocycles. The lowest BCUT2D eigenvalue weighted by molar-refractivity contribution is 0.0946. The molecule has 1 fully saturated rings. The van der Waals surface area contributed by atoms with E-state index < -0.39 is 0 Å². The van der Waals surface area contributed by atoms with Gasteiger partial charge < -0.3 is 15.7 Å². The van der Waals surface area contributed by atoms with Gasteiger partial charge in [-0.3, -0.25) is 4.79 Å². The number of nitrogens with zero attached hydrogens (tertiary/aromatic N) is 3. The average Bonchev–Trinajstić information content (AvgIpc) is 3.11. The Hall–Kier alpha value is -2.25. The number of carbonyl (C=O) groups is 1. The Labute approximate surface area is 134 Å². The molecular formula is C16H21N5O2. The molecule has 3 rings (SSSR count). The molecule has 1 aliphatic rings. The van der Waals surface area contributed by atoms with Crippen LogP contribution in [0, 0.1) is 0 Å². The first kappa shape index (κ1) is 15.6. The molecule has 1 aliphatic heterocycles. The summed E-state index contributed by atoms with van der Waals surface area (Å²) >= 11 is 0. The zero-order valence-corrected chi connectivity index (χ0v) is 12.9. The molecular weight excluding hydrogens is 294 g/mol. The highest BCUT2D eigenvalue weighted by molar-refractivity contribution is 5.91. The number of benzene rings is 1. The largest absolute Gasteiger partial charge is 0.392 e. The zero-order valence-electron chi connectivity index (χ0n) is 12.9. The Balaban J connectivity index is 1.58. The number of aliphatic hydroxyl groups excluding tert-OH is 1. The predicted octanol–water partition coefficient (Wildman–Crippen LogP) is 0.625. The number of aromatic nitrogens is 3. The van der Waals surface area contributed by atoms with Crippen molar-refractivity contribution in [3.8, 4) is 0 Å². The van der Waals surface area contributed by atoms with E-state index in [9.17, 15) is 4.79 Å². The van der Waals surface area contributed by atoms with Crippen LogP contribution in [-0.4, -0.2) is 39.1 Å². The summed E-state index contributed by atoms with van der Waals surface area (Å²) in [7, 11) is 0. The minimum Gasteiger partial charge on any atom is -0.392 e. The van der Waals surface area contributed by atoms with Crippen molar-refractivity contribution in [2.75, 3.05) is 13.1 Å². The zero-order chi connectivity index (χ0) is 16.1. The van der Waals surface area contributed by atoms with Crippen molar-refractivity contribution >= 4 is 5.91 Å². The van der Waals surface area contributed by atoms with E-state index in [0.717, 1.165) is 37.1 Å². The SMILES string of the molecule is O=C(NCc1cccc(CO)c1)c1cn(C2CCNCC2)nn1. The first-order chi connectivity index (χ1) is 11.3. The lowest BCUT2D eigenvalue weighted by Crippen LogP contribution is -2.29. The third-order valence-corrected chi connectivity index (χ3v) is 4.05. The van der Waals surface area contributed by atoms with Crippen molar-refractivity contribution in [1.82, 2.24) is 25.6 Å². The monoisotopic (exact) mass is 315 g/mol. The Morgan fingerprint density at radius 1 is 1.35 bits per heavy atom. The van der Waals surface area contributed by atoms with Gasteiger partial charge in [0.25, 0.3) is 5.91 Å². The first-order valence-electron chi connectivity index (χ1n) is 7.85. The normalized spacial score (nSPS) is 15.5. The van der Waals surface area contributed by atoms with Crippen molar-refractivity contribution in [3.63, 3.8) is 0 Å². The summed E-state index contributed by atoms with van der Waals surface area (Å²) in [6.45, 7) is 2.32. The lowest BCUT2D eigenvalue weighted by atomic mass is 10.1. The molecule has 0 unspecified atom stereocenters. The molecule has 7 heteroatoms. The summed E-state index contributed by atoms with van der Waals surface area (Å²) < 4.78 is 1.79. The minimum atomic E-state index is -0.236. The van der Waals surface area contributed by atoms with Crippen LogP contribution in [0.3, 0.4) is 0 Å². The topological polar surface area (TPSA) is 92.1 Å². The fourth-order valence-electron chi connectivity index (χ4n) is 2.74. The standard InChI is InChI=1S/C16H21N5O2/c22-11-13-3-1-2-12(8-13)9-18-16(23)15-10-21(20-19-15)14-4-6-17-7-5-14/h1-3,8,10,14,17,22H,4-7,9,11H2,(H,18,23). The second-order valence-electron chi connectivity index (χ2n) is 5.73. The maximum atomic E-state index is 12.2. The highest BCUT2D eigenvalue weighted by Gasteiger charge is 2.18. The second-order valence-corrected chi connectivity index (χ2v) is 5.73. The van der Waals surface area contributed by atoms with Gasteiger partial charge in [0.15, 0.2) is 5.69 Å². The Kier molecular flexibility index (Phi) is 4.99. The maximum Gasteiger partial charge on any atom is 0.273 e. The number of nitrogens with one attached hydrogen (secondary N) is 2. The molecule has 1 saturated heterocycles. The van der Waals surface area contributed by atoms with E-state index in [4.69, 9.17) is 5.11 Å². The fourth-order valence-corrected chi connectivity index (χ4v) is 2.74. The Bertz CT molecular complexity index is 664. The molecule has 1 aromatic heterocycles. The second kappa shape index (κ2) is 7.34. The van der Waals surface area contributed by atoms with Crippen LogP contribution in [0.25, 0.3) is 0 Å². The maximum absolute atomic E-state index is 12.2. The van der Waals surface area contributed by atoms with Gasteiger partial charge in [-0.05, 0) is 37.1 Å². The van der Waals surface area contributed by atoms with Crippen LogP contribution in [0.5, 0.6) is 0 Å². The van der Waals surface area contributed by atoms with Gasteiger partial charge in [0, 0.05) is 6.54 Å². The molecule has 2 heterocycles. The van der Waals surface area contributed by atoms with E-state index in [0.29, 0.717) is 18.3 Å². The van der Waals surface area contributed by atoms with E-state index in [1.54, 1.807) is 10.9 Å². The van der Waals surface area contributed by atoms with Crippen LogP contribution in [0.4, 0.5) is 0 Å². The van der Waals surface area contributed by atoms with Crippen LogP contribution >= 0.6 is 0 Å². The predicted molar refractivity (Wildman–Crippen MR) is 84.7 cm³/mol. The molecule has 0 aliphatic carbocycles. The van der Waals surface area contributed by atoms with Gasteiger partial charge in [0.1, 0.15) is 0 Å². The van der Waals surface area contributed by atoms with E-state index in [-0.39, 0.29) is 12.5 Å². The molecule has 0 bridgehead atoms. The molecule has 0 spiro atoms. The van der Waals surface area contributed by atoms with Crippen LogP contribution in [0.15, 0.2) is 30.5 Å². The summed E-state index contributed by atoms with van der Waals surface area (Å²) in [5.74, 6) is -0.236. The van der Waals surface area contributed by atoms with E-state index in [1.807, 2.05) is 24.3 Å². The van der Waals surface area contributed by atoms with Crippen LogP contribution in [-0.2, 0) is 13.2 Å². The van der Waals surface area contributed by atoms with Crippen LogP contribution in [0.1, 0.15) is 40.5 Å². The highest BCUT2D eigenvalue weighted by atomic mass is 16.3. The van der Waals surface area contributed by atoms with Crippen molar-refractivity contribution in [1.29, 1.82) is 0 Å². The highest BCUT2D eigenvalue weighted by Crippen LogP contribution is 2.17. The van der Waals surface area contributed by atoms with E-state index in [1.165, 1.54) is 0 Å². The average molecular weight is 315 g/mol. The lowest BCUT2D eigenvalue weighted by Gasteiger charge is -2.22. The molecule has 23 heavy (non-hydrogen) atoms. The number of hydrogen-bond donors (Lipinski definition) is 3.